The minimum atomic E-state index is -2.77. The van der Waals surface area contributed by atoms with Crippen LogP contribution in [0.15, 0.2) is 24.3 Å². The average molecular weight is 340 g/mol. The number of morpholine rings is 1. The molecule has 0 bridgehead atoms. The van der Waals surface area contributed by atoms with Crippen molar-refractivity contribution in [2.24, 2.45) is 0 Å². The highest BCUT2D eigenvalue weighted by Crippen LogP contribution is 2.23. The standard InChI is InChI=1S/C18H26F2N2O2/c19-18(20)24-17-6-3-4-15(12-17)13-22-7-2-1-5-16(22)14-21-8-10-23-11-9-21/h3-4,6,12,16,18H,1-2,5,7-11,13-14H2. The molecule has 24 heavy (non-hydrogen) atoms. The minimum Gasteiger partial charge on any atom is -0.435 e. The van der Waals surface area contributed by atoms with E-state index in [0.29, 0.717) is 6.04 Å². The fourth-order valence-electron chi connectivity index (χ4n) is 3.61. The Balaban J connectivity index is 1.60. The summed E-state index contributed by atoms with van der Waals surface area (Å²) >= 11 is 0. The van der Waals surface area contributed by atoms with Crippen LogP contribution in [0.2, 0.25) is 0 Å². The lowest BCUT2D eigenvalue weighted by atomic mass is 10.0. The Morgan fingerprint density at radius 3 is 2.79 bits per heavy atom. The van der Waals surface area contributed by atoms with Gasteiger partial charge in [0, 0.05) is 32.2 Å². The highest BCUT2D eigenvalue weighted by atomic mass is 19.3. The number of rotatable bonds is 6. The van der Waals surface area contributed by atoms with Crippen LogP contribution in [-0.4, -0.2) is 61.8 Å². The first-order chi connectivity index (χ1) is 11.7. The molecule has 0 amide bonds. The molecule has 0 aromatic heterocycles. The van der Waals surface area contributed by atoms with Gasteiger partial charge < -0.3 is 9.47 Å². The van der Waals surface area contributed by atoms with E-state index in [9.17, 15) is 8.78 Å². The largest absolute Gasteiger partial charge is 0.435 e. The first kappa shape index (κ1) is 17.6. The quantitative estimate of drug-likeness (QED) is 0.795. The zero-order valence-corrected chi connectivity index (χ0v) is 14.0. The van der Waals surface area contributed by atoms with Crippen molar-refractivity contribution in [2.75, 3.05) is 39.4 Å². The van der Waals surface area contributed by atoms with Gasteiger partial charge in [0.15, 0.2) is 0 Å². The van der Waals surface area contributed by atoms with Gasteiger partial charge in [-0.15, -0.1) is 0 Å². The van der Waals surface area contributed by atoms with Crippen molar-refractivity contribution < 1.29 is 18.3 Å². The van der Waals surface area contributed by atoms with E-state index in [2.05, 4.69) is 14.5 Å². The first-order valence-electron chi connectivity index (χ1n) is 8.78. The second-order valence-corrected chi connectivity index (χ2v) is 6.56. The fraction of sp³-hybridized carbons (Fsp3) is 0.667. The Labute approximate surface area is 142 Å². The fourth-order valence-corrected chi connectivity index (χ4v) is 3.61. The van der Waals surface area contributed by atoms with Crippen molar-refractivity contribution in [2.45, 2.75) is 38.5 Å². The van der Waals surface area contributed by atoms with E-state index in [1.807, 2.05) is 6.07 Å². The molecule has 1 unspecified atom stereocenters. The third-order valence-corrected chi connectivity index (χ3v) is 4.83. The van der Waals surface area contributed by atoms with Crippen LogP contribution >= 0.6 is 0 Å². The molecule has 1 aromatic rings. The monoisotopic (exact) mass is 340 g/mol. The molecule has 2 heterocycles. The maximum Gasteiger partial charge on any atom is 0.387 e. The van der Waals surface area contributed by atoms with E-state index in [0.717, 1.165) is 51.5 Å². The number of piperidine rings is 1. The van der Waals surface area contributed by atoms with Gasteiger partial charge in [-0.1, -0.05) is 18.6 Å². The molecule has 2 saturated heterocycles. The lowest BCUT2D eigenvalue weighted by molar-refractivity contribution is -0.0499. The molecule has 1 atom stereocenters. The summed E-state index contributed by atoms with van der Waals surface area (Å²) < 4.78 is 34.7. The SMILES string of the molecule is FC(F)Oc1cccc(CN2CCCCC2CN2CCOCC2)c1. The summed E-state index contributed by atoms with van der Waals surface area (Å²) in [7, 11) is 0. The van der Waals surface area contributed by atoms with E-state index in [-0.39, 0.29) is 5.75 Å². The lowest BCUT2D eigenvalue weighted by Gasteiger charge is -2.39. The number of nitrogens with zero attached hydrogens (tertiary/aromatic N) is 2. The van der Waals surface area contributed by atoms with Crippen LogP contribution in [0.4, 0.5) is 8.78 Å². The molecule has 3 rings (SSSR count). The van der Waals surface area contributed by atoms with Crippen LogP contribution in [0.3, 0.4) is 0 Å². The molecule has 4 nitrogen and oxygen atoms in total. The molecule has 0 N–H and O–H groups in total. The Kier molecular flexibility index (Phi) is 6.40. The molecular formula is C18H26F2N2O2. The summed E-state index contributed by atoms with van der Waals surface area (Å²) in [4.78, 5) is 4.96. The third kappa shape index (κ3) is 5.13. The van der Waals surface area contributed by atoms with Crippen molar-refractivity contribution in [1.82, 2.24) is 9.80 Å². The van der Waals surface area contributed by atoms with Crippen LogP contribution in [0.25, 0.3) is 0 Å². The second kappa shape index (κ2) is 8.74. The summed E-state index contributed by atoms with van der Waals surface area (Å²) in [5.41, 5.74) is 1.03. The van der Waals surface area contributed by atoms with E-state index in [1.165, 1.54) is 19.3 Å². The second-order valence-electron chi connectivity index (χ2n) is 6.56. The van der Waals surface area contributed by atoms with Gasteiger partial charge in [-0.2, -0.15) is 8.78 Å². The average Bonchev–Trinajstić information content (AvgIpc) is 2.57. The van der Waals surface area contributed by atoms with Crippen molar-refractivity contribution in [3.63, 3.8) is 0 Å². The maximum atomic E-state index is 12.4. The van der Waals surface area contributed by atoms with Gasteiger partial charge in [0.1, 0.15) is 5.75 Å². The van der Waals surface area contributed by atoms with Crippen LogP contribution in [-0.2, 0) is 11.3 Å². The Bertz CT molecular complexity index is 510. The van der Waals surface area contributed by atoms with Crippen LogP contribution in [0.1, 0.15) is 24.8 Å². The summed E-state index contributed by atoms with van der Waals surface area (Å²) in [5.74, 6) is 0.240. The van der Waals surface area contributed by atoms with Crippen LogP contribution < -0.4 is 4.74 Å². The van der Waals surface area contributed by atoms with Gasteiger partial charge in [0.25, 0.3) is 0 Å². The predicted molar refractivity (Wildman–Crippen MR) is 88.4 cm³/mol. The van der Waals surface area contributed by atoms with Gasteiger partial charge in [0.2, 0.25) is 0 Å². The van der Waals surface area contributed by atoms with Gasteiger partial charge in [-0.05, 0) is 37.1 Å². The Morgan fingerprint density at radius 1 is 1.17 bits per heavy atom. The number of benzene rings is 1. The topological polar surface area (TPSA) is 24.9 Å². The van der Waals surface area contributed by atoms with Gasteiger partial charge in [-0.3, -0.25) is 9.80 Å². The molecule has 2 aliphatic heterocycles. The molecule has 0 spiro atoms. The van der Waals surface area contributed by atoms with Crippen LogP contribution in [0.5, 0.6) is 5.75 Å². The highest BCUT2D eigenvalue weighted by Gasteiger charge is 2.25. The third-order valence-electron chi connectivity index (χ3n) is 4.83. The first-order valence-corrected chi connectivity index (χ1v) is 8.78. The van der Waals surface area contributed by atoms with Crippen molar-refractivity contribution in [3.8, 4) is 5.75 Å². The van der Waals surface area contributed by atoms with E-state index in [4.69, 9.17) is 4.74 Å². The molecule has 0 saturated carbocycles. The molecule has 2 aliphatic rings. The lowest BCUT2D eigenvalue weighted by Crippen LogP contribution is -2.49. The molecule has 0 aliphatic carbocycles. The molecule has 1 aromatic carbocycles. The molecule has 134 valence electrons. The van der Waals surface area contributed by atoms with Crippen molar-refractivity contribution >= 4 is 0 Å². The van der Waals surface area contributed by atoms with Crippen molar-refractivity contribution in [1.29, 1.82) is 0 Å². The molecule has 0 radical (unpaired) electrons. The smallest absolute Gasteiger partial charge is 0.387 e. The number of likely N-dealkylation sites (tertiary alicyclic amines) is 1. The zero-order chi connectivity index (χ0) is 16.8. The van der Waals surface area contributed by atoms with E-state index in [1.54, 1.807) is 18.2 Å². The minimum absolute atomic E-state index is 0.240. The number of hydrogen-bond acceptors (Lipinski definition) is 4. The predicted octanol–water partition coefficient (Wildman–Crippen LogP) is 2.97. The number of ether oxygens (including phenoxy) is 2. The normalized spacial score (nSPS) is 23.5. The summed E-state index contributed by atoms with van der Waals surface area (Å²) in [6.45, 7) is 3.79. The summed E-state index contributed by atoms with van der Waals surface area (Å²) in [6.07, 6.45) is 3.66. The van der Waals surface area contributed by atoms with Gasteiger partial charge >= 0.3 is 6.61 Å². The Hall–Kier alpha value is -1.24. The number of alkyl halides is 2. The number of halogens is 2. The molecular weight excluding hydrogens is 314 g/mol. The van der Waals surface area contributed by atoms with Crippen LogP contribution in [0, 0.1) is 0 Å². The zero-order valence-electron chi connectivity index (χ0n) is 14.0. The van der Waals surface area contributed by atoms with Gasteiger partial charge in [0.05, 0.1) is 13.2 Å². The Morgan fingerprint density at radius 2 is 2.00 bits per heavy atom. The van der Waals surface area contributed by atoms with E-state index < -0.39 is 6.61 Å². The summed E-state index contributed by atoms with van der Waals surface area (Å²) in [6, 6.07) is 7.60. The summed E-state index contributed by atoms with van der Waals surface area (Å²) in [5, 5.41) is 0. The highest BCUT2D eigenvalue weighted by molar-refractivity contribution is 5.28. The maximum absolute atomic E-state index is 12.4. The molecule has 6 heteroatoms. The number of hydrogen-bond donors (Lipinski definition) is 0. The van der Waals surface area contributed by atoms with Crippen molar-refractivity contribution in [3.05, 3.63) is 29.8 Å². The van der Waals surface area contributed by atoms with Gasteiger partial charge in [-0.25, -0.2) is 0 Å². The molecule has 2 fully saturated rings. The van der Waals surface area contributed by atoms with E-state index >= 15 is 0 Å².